The molecule has 2 heterocycles. The van der Waals surface area contributed by atoms with Gasteiger partial charge in [0.05, 0.1) is 15.6 Å². The van der Waals surface area contributed by atoms with Gasteiger partial charge in [0.1, 0.15) is 5.69 Å². The summed E-state index contributed by atoms with van der Waals surface area (Å²) in [7, 11) is 1.46. The molecular weight excluding hydrogens is 435 g/mol. The molecule has 0 saturated heterocycles. The number of aromatic amines is 1. The second-order valence-electron chi connectivity index (χ2n) is 6.88. The number of rotatable bonds is 6. The minimum Gasteiger partial charge on any atom is -0.295 e. The van der Waals surface area contributed by atoms with Crippen LogP contribution in [0.2, 0.25) is 10.0 Å². The van der Waals surface area contributed by atoms with E-state index in [4.69, 9.17) is 23.2 Å². The van der Waals surface area contributed by atoms with Gasteiger partial charge in [0.2, 0.25) is 17.4 Å². The van der Waals surface area contributed by atoms with Gasteiger partial charge in [-0.2, -0.15) is 5.10 Å². The number of hydrogen-bond donors (Lipinski definition) is 1. The molecule has 11 heteroatoms. The normalized spacial score (nSPS) is 11.1. The first-order valence-electron chi connectivity index (χ1n) is 8.78. The SMILES string of the molecule is CC(C)c1cc(C(=O)c2c(Cl)cc(CC(=O)c3noc(=O)[nH]3)cc2Cl)nn(C)c1=O. The molecule has 0 unspecified atom stereocenters. The van der Waals surface area contributed by atoms with Crippen molar-refractivity contribution < 1.29 is 14.1 Å². The Kier molecular flexibility index (Phi) is 6.04. The van der Waals surface area contributed by atoms with Crippen LogP contribution in [0.15, 0.2) is 32.3 Å². The molecule has 0 amide bonds. The molecule has 3 rings (SSSR count). The molecule has 0 aliphatic carbocycles. The summed E-state index contributed by atoms with van der Waals surface area (Å²) in [6, 6.07) is 4.27. The summed E-state index contributed by atoms with van der Waals surface area (Å²) in [5.41, 5.74) is 0.580. The predicted octanol–water partition coefficient (Wildman–Crippen LogP) is 2.54. The van der Waals surface area contributed by atoms with Gasteiger partial charge < -0.3 is 0 Å². The van der Waals surface area contributed by atoms with Gasteiger partial charge in [0.15, 0.2) is 0 Å². The fraction of sp³-hybridized carbons (Fsp3) is 0.263. The standard InChI is InChI=1S/C19H16Cl2N4O5/c1-8(2)10-7-13(23-25(3)18(10)28)16(27)15-11(20)4-9(5-12(15)21)6-14(26)17-22-19(29)30-24-17/h4-5,7-8H,6H2,1-3H3,(H,22,24,29). The summed E-state index contributed by atoms with van der Waals surface area (Å²) in [6.45, 7) is 3.66. The van der Waals surface area contributed by atoms with Gasteiger partial charge in [-0.1, -0.05) is 42.2 Å². The molecule has 0 spiro atoms. The van der Waals surface area contributed by atoms with E-state index in [1.54, 1.807) is 0 Å². The van der Waals surface area contributed by atoms with E-state index in [1.165, 1.54) is 25.2 Å². The minimum atomic E-state index is -0.846. The number of aromatic nitrogens is 4. The largest absolute Gasteiger partial charge is 0.439 e. The summed E-state index contributed by atoms with van der Waals surface area (Å²) < 4.78 is 5.40. The Hall–Kier alpha value is -3.04. The smallest absolute Gasteiger partial charge is 0.295 e. The Morgan fingerprint density at radius 3 is 2.33 bits per heavy atom. The number of nitrogens with zero attached hydrogens (tertiary/aromatic N) is 3. The highest BCUT2D eigenvalue weighted by molar-refractivity contribution is 6.41. The highest BCUT2D eigenvalue weighted by Gasteiger charge is 2.23. The summed E-state index contributed by atoms with van der Waals surface area (Å²) in [5.74, 6) is -2.26. The summed E-state index contributed by atoms with van der Waals surface area (Å²) in [5, 5.41) is 7.39. The van der Waals surface area contributed by atoms with Gasteiger partial charge in [-0.15, -0.1) is 0 Å². The van der Waals surface area contributed by atoms with Crippen molar-refractivity contribution in [3.8, 4) is 0 Å². The molecule has 30 heavy (non-hydrogen) atoms. The van der Waals surface area contributed by atoms with Gasteiger partial charge in [0.25, 0.3) is 5.56 Å². The molecular formula is C19H16Cl2N4O5. The first-order chi connectivity index (χ1) is 14.1. The molecule has 1 N–H and O–H groups in total. The third kappa shape index (κ3) is 4.27. The number of hydrogen-bond acceptors (Lipinski definition) is 7. The van der Waals surface area contributed by atoms with Crippen molar-refractivity contribution in [2.45, 2.75) is 26.2 Å². The number of H-pyrrole nitrogens is 1. The molecule has 0 atom stereocenters. The van der Waals surface area contributed by atoms with Gasteiger partial charge >= 0.3 is 5.76 Å². The molecule has 0 fully saturated rings. The monoisotopic (exact) mass is 450 g/mol. The number of halogens is 2. The first kappa shape index (κ1) is 21.7. The molecule has 9 nitrogen and oxygen atoms in total. The Morgan fingerprint density at radius 1 is 1.17 bits per heavy atom. The van der Waals surface area contributed by atoms with E-state index in [1.807, 2.05) is 13.8 Å². The zero-order valence-corrected chi connectivity index (χ0v) is 17.7. The van der Waals surface area contributed by atoms with Crippen LogP contribution in [0.25, 0.3) is 0 Å². The summed E-state index contributed by atoms with van der Waals surface area (Å²) in [6.07, 6.45) is -0.175. The van der Waals surface area contributed by atoms with E-state index in [2.05, 4.69) is 19.8 Å². The van der Waals surface area contributed by atoms with Crippen LogP contribution in [0.1, 0.15) is 57.6 Å². The minimum absolute atomic E-state index is 0.00484. The van der Waals surface area contributed by atoms with E-state index in [0.29, 0.717) is 11.1 Å². The number of benzene rings is 1. The second kappa shape index (κ2) is 8.37. The van der Waals surface area contributed by atoms with Crippen molar-refractivity contribution in [3.05, 3.63) is 77.4 Å². The Morgan fingerprint density at radius 2 is 1.80 bits per heavy atom. The molecule has 0 saturated carbocycles. The number of nitrogens with one attached hydrogen (secondary N) is 1. The second-order valence-corrected chi connectivity index (χ2v) is 7.69. The highest BCUT2D eigenvalue weighted by Crippen LogP contribution is 2.29. The zero-order chi connectivity index (χ0) is 22.2. The van der Waals surface area contributed by atoms with E-state index in [0.717, 1.165) is 4.68 Å². The molecule has 3 aromatic rings. The Balaban J connectivity index is 1.96. The van der Waals surface area contributed by atoms with Crippen LogP contribution in [0.4, 0.5) is 0 Å². The van der Waals surface area contributed by atoms with Crippen LogP contribution in [-0.4, -0.2) is 31.5 Å². The highest BCUT2D eigenvalue weighted by atomic mass is 35.5. The van der Waals surface area contributed by atoms with Crippen molar-refractivity contribution in [1.29, 1.82) is 0 Å². The lowest BCUT2D eigenvalue weighted by Crippen LogP contribution is -2.27. The maximum absolute atomic E-state index is 13.0. The molecule has 0 aliphatic heterocycles. The van der Waals surface area contributed by atoms with Crippen LogP contribution < -0.4 is 11.3 Å². The third-order valence-corrected chi connectivity index (χ3v) is 4.94. The first-order valence-corrected chi connectivity index (χ1v) is 9.54. The average Bonchev–Trinajstić information content (AvgIpc) is 3.09. The maximum atomic E-state index is 13.0. The van der Waals surface area contributed by atoms with Crippen molar-refractivity contribution in [3.63, 3.8) is 0 Å². The van der Waals surface area contributed by atoms with Crippen molar-refractivity contribution >= 4 is 34.8 Å². The maximum Gasteiger partial charge on any atom is 0.439 e. The van der Waals surface area contributed by atoms with Crippen molar-refractivity contribution in [2.75, 3.05) is 0 Å². The molecule has 1 aromatic carbocycles. The van der Waals surface area contributed by atoms with Crippen LogP contribution in [0.3, 0.4) is 0 Å². The van der Waals surface area contributed by atoms with Gasteiger partial charge in [-0.25, -0.2) is 9.48 Å². The summed E-state index contributed by atoms with van der Waals surface area (Å²) in [4.78, 5) is 50.5. The fourth-order valence-corrected chi connectivity index (χ4v) is 3.55. The van der Waals surface area contributed by atoms with Gasteiger partial charge in [-0.05, 0) is 29.7 Å². The van der Waals surface area contributed by atoms with Gasteiger partial charge in [-0.3, -0.25) is 23.9 Å². The molecule has 156 valence electrons. The van der Waals surface area contributed by atoms with E-state index in [-0.39, 0.29) is 45.0 Å². The van der Waals surface area contributed by atoms with E-state index >= 15 is 0 Å². The lowest BCUT2D eigenvalue weighted by molar-refractivity contribution is 0.0979. The molecule has 0 bridgehead atoms. The predicted molar refractivity (Wildman–Crippen MR) is 109 cm³/mol. The van der Waals surface area contributed by atoms with Gasteiger partial charge in [0, 0.05) is 19.0 Å². The van der Waals surface area contributed by atoms with Crippen LogP contribution in [0.5, 0.6) is 0 Å². The van der Waals surface area contributed by atoms with E-state index in [9.17, 15) is 19.2 Å². The van der Waals surface area contributed by atoms with Crippen molar-refractivity contribution in [2.24, 2.45) is 7.05 Å². The molecule has 2 aromatic heterocycles. The lowest BCUT2D eigenvalue weighted by Gasteiger charge is -2.11. The average molecular weight is 451 g/mol. The quantitative estimate of drug-likeness (QED) is 0.571. The number of carbonyl (C=O) groups is 2. The van der Waals surface area contributed by atoms with Crippen molar-refractivity contribution in [1.82, 2.24) is 19.9 Å². The lowest BCUT2D eigenvalue weighted by atomic mass is 10.00. The fourth-order valence-electron chi connectivity index (χ4n) is 2.85. The van der Waals surface area contributed by atoms with Crippen LogP contribution in [0, 0.1) is 0 Å². The number of ketones is 2. The zero-order valence-electron chi connectivity index (χ0n) is 16.2. The summed E-state index contributed by atoms with van der Waals surface area (Å²) >= 11 is 12.6. The van der Waals surface area contributed by atoms with Crippen LogP contribution >= 0.6 is 23.2 Å². The molecule has 0 aliphatic rings. The molecule has 0 radical (unpaired) electrons. The third-order valence-electron chi connectivity index (χ3n) is 4.34. The Labute approximate surface area is 179 Å². The topological polar surface area (TPSA) is 128 Å². The number of Topliss-reactive ketones (excluding diaryl/α,β-unsaturated/α-hetero) is 1. The van der Waals surface area contributed by atoms with E-state index < -0.39 is 17.3 Å². The Bertz CT molecular complexity index is 1250. The van der Waals surface area contributed by atoms with Crippen LogP contribution in [-0.2, 0) is 13.5 Å². The number of carbonyl (C=O) groups excluding carboxylic acids is 2. The number of aryl methyl sites for hydroxylation is 1.